The summed E-state index contributed by atoms with van der Waals surface area (Å²) in [5.74, 6) is 0.740. The molecule has 0 atom stereocenters. The van der Waals surface area contributed by atoms with Crippen LogP contribution in [0.5, 0.6) is 11.5 Å². The van der Waals surface area contributed by atoms with Crippen LogP contribution in [-0.2, 0) is 4.79 Å². The Labute approximate surface area is 195 Å². The van der Waals surface area contributed by atoms with Crippen LogP contribution < -0.4 is 14.8 Å². The van der Waals surface area contributed by atoms with Gasteiger partial charge in [-0.3, -0.25) is 4.79 Å². The number of thiocarbonyl (C=S) groups is 1. The molecule has 0 radical (unpaired) electrons. The van der Waals surface area contributed by atoms with Crippen LogP contribution in [0.1, 0.15) is 30.9 Å². The topological polar surface area (TPSA) is 50.8 Å². The van der Waals surface area contributed by atoms with E-state index in [1.807, 2.05) is 26.0 Å². The van der Waals surface area contributed by atoms with E-state index in [-0.39, 0.29) is 12.5 Å². The highest BCUT2D eigenvalue weighted by Crippen LogP contribution is 2.37. The molecular weight excluding hydrogens is 488 g/mol. The Morgan fingerprint density at radius 2 is 2.00 bits per heavy atom. The van der Waals surface area contributed by atoms with E-state index < -0.39 is 0 Å². The molecule has 0 aromatic heterocycles. The third-order valence-corrected chi connectivity index (χ3v) is 6.33. The Hall–Kier alpha value is -1.83. The van der Waals surface area contributed by atoms with Crippen molar-refractivity contribution < 1.29 is 14.3 Å². The first-order chi connectivity index (χ1) is 14.4. The van der Waals surface area contributed by atoms with Gasteiger partial charge in [0, 0.05) is 29.4 Å². The van der Waals surface area contributed by atoms with E-state index in [9.17, 15) is 4.79 Å². The number of halogens is 2. The Balaban J connectivity index is 1.73. The molecule has 8 heteroatoms. The van der Waals surface area contributed by atoms with Gasteiger partial charge in [-0.2, -0.15) is 0 Å². The molecule has 5 nitrogen and oxygen atoms in total. The van der Waals surface area contributed by atoms with Crippen LogP contribution in [0, 0.1) is 6.92 Å². The van der Waals surface area contributed by atoms with Crippen LogP contribution in [0.25, 0.3) is 0 Å². The standard InChI is InChI=1S/C22H24BrClN2O3S/c1-3-28-19-12-15(22(30)26-9-4-5-10-26)11-16(23)21(19)29-13-20(27)25-18-8-6-7-17(24)14(18)2/h6-8,11-12H,3-5,9-10,13H2,1-2H3,(H,25,27). The van der Waals surface area contributed by atoms with Gasteiger partial charge in [0.2, 0.25) is 0 Å². The van der Waals surface area contributed by atoms with Crippen LogP contribution in [0.2, 0.25) is 5.02 Å². The lowest BCUT2D eigenvalue weighted by Crippen LogP contribution is -2.26. The van der Waals surface area contributed by atoms with Crippen molar-refractivity contribution in [1.82, 2.24) is 4.90 Å². The molecule has 0 aliphatic carbocycles. The first-order valence-electron chi connectivity index (χ1n) is 9.84. The van der Waals surface area contributed by atoms with Gasteiger partial charge in [0.15, 0.2) is 18.1 Å². The van der Waals surface area contributed by atoms with Crippen molar-refractivity contribution in [1.29, 1.82) is 0 Å². The highest BCUT2D eigenvalue weighted by Gasteiger charge is 2.20. The number of hydrogen-bond donors (Lipinski definition) is 1. The summed E-state index contributed by atoms with van der Waals surface area (Å²) >= 11 is 15.3. The van der Waals surface area contributed by atoms with Crippen molar-refractivity contribution in [2.75, 3.05) is 31.6 Å². The zero-order chi connectivity index (χ0) is 21.7. The number of nitrogens with one attached hydrogen (secondary N) is 1. The summed E-state index contributed by atoms with van der Waals surface area (Å²) in [5.41, 5.74) is 2.36. The van der Waals surface area contributed by atoms with Crippen LogP contribution >= 0.6 is 39.7 Å². The monoisotopic (exact) mass is 510 g/mol. The number of benzene rings is 2. The number of carbonyl (C=O) groups excluding carboxylic acids is 1. The molecule has 2 aromatic carbocycles. The molecule has 1 fully saturated rings. The number of hydrogen-bond acceptors (Lipinski definition) is 4. The molecule has 3 rings (SSSR count). The van der Waals surface area contributed by atoms with Crippen molar-refractivity contribution in [3.8, 4) is 11.5 Å². The fraction of sp³-hybridized carbons (Fsp3) is 0.364. The summed E-state index contributed by atoms with van der Waals surface area (Å²) < 4.78 is 12.3. The smallest absolute Gasteiger partial charge is 0.262 e. The first-order valence-corrected chi connectivity index (χ1v) is 11.4. The summed E-state index contributed by atoms with van der Waals surface area (Å²) in [6, 6.07) is 9.16. The number of nitrogens with zero attached hydrogens (tertiary/aromatic N) is 1. The lowest BCUT2D eigenvalue weighted by Gasteiger charge is -2.21. The molecule has 1 heterocycles. The van der Waals surface area contributed by atoms with Gasteiger partial charge in [0.1, 0.15) is 4.99 Å². The minimum Gasteiger partial charge on any atom is -0.490 e. The lowest BCUT2D eigenvalue weighted by molar-refractivity contribution is -0.118. The molecule has 1 saturated heterocycles. The molecule has 1 amide bonds. The molecule has 1 N–H and O–H groups in total. The number of anilines is 1. The largest absolute Gasteiger partial charge is 0.490 e. The van der Waals surface area contributed by atoms with Gasteiger partial charge in [0.05, 0.1) is 11.1 Å². The molecular formula is C22H24BrClN2O3S. The van der Waals surface area contributed by atoms with E-state index in [0.29, 0.717) is 33.3 Å². The van der Waals surface area contributed by atoms with Gasteiger partial charge >= 0.3 is 0 Å². The third-order valence-electron chi connectivity index (χ3n) is 4.84. The second-order valence-electron chi connectivity index (χ2n) is 6.97. The molecule has 0 spiro atoms. The van der Waals surface area contributed by atoms with Gasteiger partial charge in [-0.1, -0.05) is 29.9 Å². The van der Waals surface area contributed by atoms with Gasteiger partial charge in [-0.05, 0) is 72.4 Å². The highest BCUT2D eigenvalue weighted by molar-refractivity contribution is 9.10. The van der Waals surface area contributed by atoms with E-state index in [0.717, 1.165) is 42.0 Å². The zero-order valence-electron chi connectivity index (χ0n) is 17.0. The van der Waals surface area contributed by atoms with Crippen molar-refractivity contribution >= 4 is 56.3 Å². The van der Waals surface area contributed by atoms with Crippen molar-refractivity contribution in [3.63, 3.8) is 0 Å². The maximum absolute atomic E-state index is 12.4. The van der Waals surface area contributed by atoms with E-state index in [4.69, 9.17) is 33.3 Å². The molecule has 1 aliphatic rings. The number of rotatable bonds is 7. The summed E-state index contributed by atoms with van der Waals surface area (Å²) in [6.45, 7) is 6.00. The molecule has 0 bridgehead atoms. The first kappa shape index (κ1) is 22.8. The number of likely N-dealkylation sites (tertiary alicyclic amines) is 1. The zero-order valence-corrected chi connectivity index (χ0v) is 20.1. The molecule has 0 saturated carbocycles. The Kier molecular flexibility index (Phi) is 7.97. The second-order valence-corrected chi connectivity index (χ2v) is 8.62. The normalized spacial score (nSPS) is 13.3. The fourth-order valence-corrected chi connectivity index (χ4v) is 4.30. The lowest BCUT2D eigenvalue weighted by atomic mass is 10.2. The van der Waals surface area contributed by atoms with Gasteiger partial charge in [-0.15, -0.1) is 0 Å². The van der Waals surface area contributed by atoms with E-state index in [1.165, 1.54) is 0 Å². The SMILES string of the molecule is CCOc1cc(C(=S)N2CCCC2)cc(Br)c1OCC(=O)Nc1cccc(Cl)c1C. The average Bonchev–Trinajstić information content (AvgIpc) is 3.25. The number of carbonyl (C=O) groups is 1. The Bertz CT molecular complexity index is 948. The van der Waals surface area contributed by atoms with Gasteiger partial charge < -0.3 is 19.7 Å². The van der Waals surface area contributed by atoms with Crippen LogP contribution in [-0.4, -0.2) is 42.1 Å². The van der Waals surface area contributed by atoms with Gasteiger partial charge in [0.25, 0.3) is 5.91 Å². The minimum absolute atomic E-state index is 0.166. The highest BCUT2D eigenvalue weighted by atomic mass is 79.9. The van der Waals surface area contributed by atoms with E-state index in [1.54, 1.807) is 18.2 Å². The van der Waals surface area contributed by atoms with E-state index >= 15 is 0 Å². The van der Waals surface area contributed by atoms with Gasteiger partial charge in [-0.25, -0.2) is 0 Å². The van der Waals surface area contributed by atoms with E-state index in [2.05, 4.69) is 26.1 Å². The minimum atomic E-state index is -0.286. The predicted octanol–water partition coefficient (Wildman–Crippen LogP) is 5.60. The molecule has 160 valence electrons. The maximum Gasteiger partial charge on any atom is 0.262 e. The summed E-state index contributed by atoms with van der Waals surface area (Å²) in [6.07, 6.45) is 2.31. The van der Waals surface area contributed by atoms with Crippen LogP contribution in [0.4, 0.5) is 5.69 Å². The molecule has 1 aliphatic heterocycles. The average molecular weight is 512 g/mol. The number of ether oxygens (including phenoxy) is 2. The Morgan fingerprint density at radius 1 is 1.27 bits per heavy atom. The molecule has 2 aromatic rings. The summed E-state index contributed by atoms with van der Waals surface area (Å²) in [4.78, 5) is 15.4. The molecule has 30 heavy (non-hydrogen) atoms. The van der Waals surface area contributed by atoms with Crippen molar-refractivity contribution in [3.05, 3.63) is 51.0 Å². The molecule has 0 unspecified atom stereocenters. The Morgan fingerprint density at radius 3 is 2.70 bits per heavy atom. The number of amides is 1. The third kappa shape index (κ3) is 5.45. The summed E-state index contributed by atoms with van der Waals surface area (Å²) in [7, 11) is 0. The quantitative estimate of drug-likeness (QED) is 0.491. The van der Waals surface area contributed by atoms with Crippen molar-refractivity contribution in [2.45, 2.75) is 26.7 Å². The van der Waals surface area contributed by atoms with Crippen molar-refractivity contribution in [2.24, 2.45) is 0 Å². The van der Waals surface area contributed by atoms with Crippen LogP contribution in [0.3, 0.4) is 0 Å². The maximum atomic E-state index is 12.4. The second kappa shape index (κ2) is 10.5. The predicted molar refractivity (Wildman–Crippen MR) is 128 cm³/mol. The summed E-state index contributed by atoms with van der Waals surface area (Å²) in [5, 5.41) is 3.42. The van der Waals surface area contributed by atoms with Crippen LogP contribution in [0.15, 0.2) is 34.8 Å². The fourth-order valence-electron chi connectivity index (χ4n) is 3.26.